The van der Waals surface area contributed by atoms with Gasteiger partial charge in [-0.1, -0.05) is 46.3 Å². The van der Waals surface area contributed by atoms with Crippen LogP contribution in [0.4, 0.5) is 5.69 Å². The van der Waals surface area contributed by atoms with E-state index in [1.807, 2.05) is 66.7 Å². The third-order valence-corrected chi connectivity index (χ3v) is 3.73. The first-order valence-electron chi connectivity index (χ1n) is 7.11. The lowest BCUT2D eigenvalue weighted by Gasteiger charge is -2.11. The Morgan fingerprint density at radius 1 is 0.826 bits per heavy atom. The monoisotopic (exact) mass is 367 g/mol. The summed E-state index contributed by atoms with van der Waals surface area (Å²) in [5.74, 6) is 1.00. The summed E-state index contributed by atoms with van der Waals surface area (Å²) in [6.45, 7) is 0. The minimum Gasteiger partial charge on any atom is -0.457 e. The standard InChI is InChI=1S/C19H14BrNO2/c20-14-10-12-15(13-11-14)21-19(22)17-8-4-5-9-18(17)23-16-6-2-1-3-7-16/h1-13H,(H,21,22). The third kappa shape index (κ3) is 3.99. The van der Waals surface area contributed by atoms with Crippen molar-refractivity contribution in [2.75, 3.05) is 5.32 Å². The molecule has 3 rings (SSSR count). The van der Waals surface area contributed by atoms with Gasteiger partial charge in [-0.3, -0.25) is 4.79 Å². The molecule has 23 heavy (non-hydrogen) atoms. The number of hydrogen-bond acceptors (Lipinski definition) is 2. The first-order chi connectivity index (χ1) is 11.2. The number of anilines is 1. The van der Waals surface area contributed by atoms with Crippen LogP contribution in [0.5, 0.6) is 11.5 Å². The zero-order chi connectivity index (χ0) is 16.1. The van der Waals surface area contributed by atoms with Crippen molar-refractivity contribution < 1.29 is 9.53 Å². The Labute approximate surface area is 143 Å². The maximum atomic E-state index is 12.5. The van der Waals surface area contributed by atoms with E-state index in [9.17, 15) is 4.79 Å². The second-order valence-corrected chi connectivity index (χ2v) is 5.79. The summed E-state index contributed by atoms with van der Waals surface area (Å²) in [4.78, 5) is 12.5. The lowest BCUT2D eigenvalue weighted by atomic mass is 10.2. The van der Waals surface area contributed by atoms with Crippen molar-refractivity contribution >= 4 is 27.5 Å². The topological polar surface area (TPSA) is 38.3 Å². The molecule has 0 atom stereocenters. The van der Waals surface area contributed by atoms with E-state index in [4.69, 9.17) is 4.74 Å². The fraction of sp³-hybridized carbons (Fsp3) is 0. The van der Waals surface area contributed by atoms with Crippen molar-refractivity contribution in [3.63, 3.8) is 0 Å². The van der Waals surface area contributed by atoms with E-state index in [2.05, 4.69) is 21.2 Å². The summed E-state index contributed by atoms with van der Waals surface area (Å²) < 4.78 is 6.78. The molecular formula is C19H14BrNO2. The van der Waals surface area contributed by atoms with Gasteiger partial charge in [-0.2, -0.15) is 0 Å². The van der Waals surface area contributed by atoms with Gasteiger partial charge in [-0.05, 0) is 48.5 Å². The SMILES string of the molecule is O=C(Nc1ccc(Br)cc1)c1ccccc1Oc1ccccc1. The van der Waals surface area contributed by atoms with Crippen LogP contribution in [0.15, 0.2) is 83.3 Å². The van der Waals surface area contributed by atoms with Gasteiger partial charge in [0, 0.05) is 10.2 Å². The van der Waals surface area contributed by atoms with Crippen LogP contribution in [0.1, 0.15) is 10.4 Å². The van der Waals surface area contributed by atoms with Crippen LogP contribution in [0, 0.1) is 0 Å². The van der Waals surface area contributed by atoms with Crippen molar-refractivity contribution in [1.82, 2.24) is 0 Å². The maximum Gasteiger partial charge on any atom is 0.259 e. The molecule has 114 valence electrons. The highest BCUT2D eigenvalue weighted by Gasteiger charge is 2.13. The van der Waals surface area contributed by atoms with E-state index >= 15 is 0 Å². The van der Waals surface area contributed by atoms with Gasteiger partial charge in [0.05, 0.1) is 5.56 Å². The van der Waals surface area contributed by atoms with Crippen LogP contribution in [-0.2, 0) is 0 Å². The normalized spacial score (nSPS) is 10.1. The van der Waals surface area contributed by atoms with Crippen molar-refractivity contribution in [2.24, 2.45) is 0 Å². The second-order valence-electron chi connectivity index (χ2n) is 4.87. The molecule has 0 radical (unpaired) electrons. The molecule has 1 amide bonds. The van der Waals surface area contributed by atoms with Gasteiger partial charge in [-0.15, -0.1) is 0 Å². The Hall–Kier alpha value is -2.59. The second kappa shape index (κ2) is 7.11. The van der Waals surface area contributed by atoms with Gasteiger partial charge in [0.15, 0.2) is 0 Å². The van der Waals surface area contributed by atoms with E-state index in [1.165, 1.54) is 0 Å². The number of amides is 1. The lowest BCUT2D eigenvalue weighted by molar-refractivity contribution is 0.102. The van der Waals surface area contributed by atoms with Crippen molar-refractivity contribution in [3.05, 3.63) is 88.9 Å². The molecule has 3 aromatic rings. The maximum absolute atomic E-state index is 12.5. The molecule has 0 bridgehead atoms. The highest BCUT2D eigenvalue weighted by molar-refractivity contribution is 9.10. The van der Waals surface area contributed by atoms with Crippen molar-refractivity contribution in [3.8, 4) is 11.5 Å². The van der Waals surface area contributed by atoms with Crippen molar-refractivity contribution in [1.29, 1.82) is 0 Å². The molecule has 0 aromatic heterocycles. The molecule has 4 heteroatoms. The Bertz CT molecular complexity index is 801. The van der Waals surface area contributed by atoms with Crippen LogP contribution < -0.4 is 10.1 Å². The van der Waals surface area contributed by atoms with Gasteiger partial charge in [0.1, 0.15) is 11.5 Å². The number of nitrogens with one attached hydrogen (secondary N) is 1. The van der Waals surface area contributed by atoms with Gasteiger partial charge in [-0.25, -0.2) is 0 Å². The molecule has 0 heterocycles. The summed E-state index contributed by atoms with van der Waals surface area (Å²) in [5, 5.41) is 2.87. The van der Waals surface area contributed by atoms with Crippen LogP contribution in [0.25, 0.3) is 0 Å². The number of rotatable bonds is 4. The van der Waals surface area contributed by atoms with Crippen LogP contribution in [0.3, 0.4) is 0 Å². The largest absolute Gasteiger partial charge is 0.457 e. The van der Waals surface area contributed by atoms with Crippen LogP contribution >= 0.6 is 15.9 Å². The number of halogens is 1. The number of ether oxygens (including phenoxy) is 1. The van der Waals surface area contributed by atoms with Gasteiger partial charge < -0.3 is 10.1 Å². The zero-order valence-corrected chi connectivity index (χ0v) is 13.8. The molecule has 0 fully saturated rings. The molecule has 0 aliphatic carbocycles. The average Bonchev–Trinajstić information content (AvgIpc) is 2.58. The summed E-state index contributed by atoms with van der Waals surface area (Å²) in [6, 6.07) is 24.0. The summed E-state index contributed by atoms with van der Waals surface area (Å²) in [6.07, 6.45) is 0. The quantitative estimate of drug-likeness (QED) is 0.661. The fourth-order valence-electron chi connectivity index (χ4n) is 2.09. The number of carbonyl (C=O) groups excluding carboxylic acids is 1. The molecule has 0 saturated carbocycles. The minimum absolute atomic E-state index is 0.209. The molecule has 0 aliphatic rings. The van der Waals surface area contributed by atoms with Crippen molar-refractivity contribution in [2.45, 2.75) is 0 Å². The first kappa shape index (κ1) is 15.3. The van der Waals surface area contributed by atoms with E-state index in [0.717, 1.165) is 10.2 Å². The predicted molar refractivity (Wildman–Crippen MR) is 95.1 cm³/mol. The van der Waals surface area contributed by atoms with Crippen LogP contribution in [0.2, 0.25) is 0 Å². The molecule has 0 saturated heterocycles. The summed E-state index contributed by atoms with van der Waals surface area (Å²) >= 11 is 3.37. The lowest BCUT2D eigenvalue weighted by Crippen LogP contribution is -2.12. The minimum atomic E-state index is -0.209. The molecule has 1 N–H and O–H groups in total. The molecule has 3 aromatic carbocycles. The fourth-order valence-corrected chi connectivity index (χ4v) is 2.35. The first-order valence-corrected chi connectivity index (χ1v) is 7.90. The van der Waals surface area contributed by atoms with E-state index in [0.29, 0.717) is 17.1 Å². The Morgan fingerprint density at radius 2 is 1.48 bits per heavy atom. The van der Waals surface area contributed by atoms with E-state index in [1.54, 1.807) is 12.1 Å². The Morgan fingerprint density at radius 3 is 2.22 bits per heavy atom. The van der Waals surface area contributed by atoms with E-state index < -0.39 is 0 Å². The number of benzene rings is 3. The average molecular weight is 368 g/mol. The number of carbonyl (C=O) groups is 1. The molecule has 3 nitrogen and oxygen atoms in total. The molecule has 0 unspecified atom stereocenters. The number of hydrogen-bond donors (Lipinski definition) is 1. The third-order valence-electron chi connectivity index (χ3n) is 3.20. The van der Waals surface area contributed by atoms with Gasteiger partial charge >= 0.3 is 0 Å². The predicted octanol–water partition coefficient (Wildman–Crippen LogP) is 5.49. The Kier molecular flexibility index (Phi) is 4.74. The Balaban J connectivity index is 1.82. The van der Waals surface area contributed by atoms with E-state index in [-0.39, 0.29) is 5.91 Å². The van der Waals surface area contributed by atoms with Gasteiger partial charge in [0.25, 0.3) is 5.91 Å². The molecule has 0 aliphatic heterocycles. The smallest absolute Gasteiger partial charge is 0.259 e. The zero-order valence-electron chi connectivity index (χ0n) is 12.2. The highest BCUT2D eigenvalue weighted by atomic mass is 79.9. The van der Waals surface area contributed by atoms with Gasteiger partial charge in [0.2, 0.25) is 0 Å². The highest BCUT2D eigenvalue weighted by Crippen LogP contribution is 2.26. The summed E-state index contributed by atoms with van der Waals surface area (Å²) in [7, 11) is 0. The molecule has 0 spiro atoms. The number of para-hydroxylation sites is 2. The summed E-state index contributed by atoms with van der Waals surface area (Å²) in [5.41, 5.74) is 1.21. The molecular weight excluding hydrogens is 354 g/mol. The van der Waals surface area contributed by atoms with Crippen LogP contribution in [-0.4, -0.2) is 5.91 Å².